The highest BCUT2D eigenvalue weighted by atomic mass is 31.0. The molecule has 0 amide bonds. The Morgan fingerprint density at radius 3 is 2.83 bits per heavy atom. The van der Waals surface area contributed by atoms with Gasteiger partial charge in [-0.15, -0.1) is 0 Å². The summed E-state index contributed by atoms with van der Waals surface area (Å²) >= 11 is 0. The largest absolute Gasteiger partial charge is 0.387 e. The third-order valence-electron chi connectivity index (χ3n) is 4.03. The van der Waals surface area contributed by atoms with Gasteiger partial charge in [0.05, 0.1) is 5.71 Å². The van der Waals surface area contributed by atoms with E-state index in [1.54, 1.807) is 0 Å². The average Bonchev–Trinajstić information content (AvgIpc) is 2.91. The van der Waals surface area contributed by atoms with Crippen LogP contribution in [-0.4, -0.2) is 29.1 Å². The molecule has 0 radical (unpaired) electrons. The van der Waals surface area contributed by atoms with E-state index in [1.165, 1.54) is 16.7 Å². The lowest BCUT2D eigenvalue weighted by Gasteiger charge is -2.19. The van der Waals surface area contributed by atoms with Gasteiger partial charge in [0, 0.05) is 25.9 Å². The van der Waals surface area contributed by atoms with Crippen LogP contribution in [-0.2, 0) is 4.84 Å². The van der Waals surface area contributed by atoms with Crippen molar-refractivity contribution in [3.63, 3.8) is 0 Å². The quantitative estimate of drug-likeness (QED) is 0.727. The van der Waals surface area contributed by atoms with Crippen LogP contribution < -0.4 is 0 Å². The van der Waals surface area contributed by atoms with Gasteiger partial charge in [0.1, 0.15) is 0 Å². The van der Waals surface area contributed by atoms with Crippen LogP contribution >= 0.6 is 9.39 Å². The van der Waals surface area contributed by atoms with E-state index < -0.39 is 0 Å². The maximum absolute atomic E-state index is 5.74. The SMILES string of the molecule is Cc1ccc(C2=NOC3(CCN(P)C3)C2)cc1C. The molecule has 0 aromatic heterocycles. The van der Waals surface area contributed by atoms with Gasteiger partial charge in [-0.05, 0) is 36.6 Å². The summed E-state index contributed by atoms with van der Waals surface area (Å²) in [6.07, 6.45) is 1.99. The molecule has 4 heteroatoms. The van der Waals surface area contributed by atoms with Gasteiger partial charge in [-0.1, -0.05) is 26.7 Å². The number of aryl methyl sites for hydroxylation is 2. The average molecular weight is 262 g/mol. The summed E-state index contributed by atoms with van der Waals surface area (Å²) in [6.45, 7) is 6.30. The molecular formula is C14H19N2OP. The summed E-state index contributed by atoms with van der Waals surface area (Å²) in [5, 5.41) is 4.33. The first-order valence-corrected chi connectivity index (χ1v) is 6.92. The second kappa shape index (κ2) is 4.32. The van der Waals surface area contributed by atoms with Crippen LogP contribution in [0.2, 0.25) is 0 Å². The highest BCUT2D eigenvalue weighted by Gasteiger charge is 2.44. The predicted molar refractivity (Wildman–Crippen MR) is 76.8 cm³/mol. The van der Waals surface area contributed by atoms with Crippen molar-refractivity contribution in [3.05, 3.63) is 34.9 Å². The van der Waals surface area contributed by atoms with E-state index in [9.17, 15) is 0 Å². The van der Waals surface area contributed by atoms with Gasteiger partial charge in [0.25, 0.3) is 0 Å². The minimum atomic E-state index is -0.0735. The van der Waals surface area contributed by atoms with Crippen molar-refractivity contribution in [1.29, 1.82) is 0 Å². The molecule has 1 saturated heterocycles. The zero-order valence-electron chi connectivity index (χ0n) is 10.9. The highest BCUT2D eigenvalue weighted by molar-refractivity contribution is 7.13. The highest BCUT2D eigenvalue weighted by Crippen LogP contribution is 2.36. The van der Waals surface area contributed by atoms with E-state index in [0.29, 0.717) is 0 Å². The Bertz CT molecular complexity index is 515. The van der Waals surface area contributed by atoms with Crippen LogP contribution in [0.25, 0.3) is 0 Å². The van der Waals surface area contributed by atoms with Crippen LogP contribution in [0.5, 0.6) is 0 Å². The molecule has 96 valence electrons. The molecule has 1 aromatic rings. The van der Waals surface area contributed by atoms with Crippen molar-refractivity contribution in [2.45, 2.75) is 32.3 Å². The van der Waals surface area contributed by atoms with Crippen LogP contribution in [0.3, 0.4) is 0 Å². The summed E-state index contributed by atoms with van der Waals surface area (Å²) in [7, 11) is 2.76. The Hall–Kier alpha value is -0.920. The standard InChI is InChI=1S/C14H19N2OP/c1-10-3-4-12(7-11(10)2)13-8-14(17-15-13)5-6-16(18)9-14/h3-4,7H,5-6,8-9,18H2,1-2H3. The maximum atomic E-state index is 5.74. The fourth-order valence-electron chi connectivity index (χ4n) is 2.69. The lowest BCUT2D eigenvalue weighted by atomic mass is 9.92. The molecule has 2 aliphatic heterocycles. The zero-order valence-corrected chi connectivity index (χ0v) is 12.1. The maximum Gasteiger partial charge on any atom is 0.157 e. The number of hydrogen-bond acceptors (Lipinski definition) is 3. The Morgan fingerprint density at radius 1 is 1.33 bits per heavy atom. The van der Waals surface area contributed by atoms with Crippen molar-refractivity contribution < 1.29 is 4.84 Å². The molecule has 2 unspecified atom stereocenters. The molecule has 2 atom stereocenters. The monoisotopic (exact) mass is 262 g/mol. The zero-order chi connectivity index (χ0) is 12.8. The molecule has 18 heavy (non-hydrogen) atoms. The smallest absolute Gasteiger partial charge is 0.157 e. The van der Waals surface area contributed by atoms with E-state index in [2.05, 4.69) is 51.3 Å². The van der Waals surface area contributed by atoms with E-state index in [-0.39, 0.29) is 5.60 Å². The van der Waals surface area contributed by atoms with Crippen molar-refractivity contribution in [3.8, 4) is 0 Å². The Morgan fingerprint density at radius 2 is 2.17 bits per heavy atom. The number of hydrogen-bond donors (Lipinski definition) is 0. The number of rotatable bonds is 1. The molecule has 1 fully saturated rings. The van der Waals surface area contributed by atoms with Crippen LogP contribution in [0.15, 0.2) is 23.4 Å². The third kappa shape index (κ3) is 2.06. The normalized spacial score (nSPS) is 27.6. The van der Waals surface area contributed by atoms with Crippen LogP contribution in [0, 0.1) is 13.8 Å². The topological polar surface area (TPSA) is 24.8 Å². The number of oxime groups is 1. The van der Waals surface area contributed by atoms with Crippen molar-refractivity contribution in [2.24, 2.45) is 5.16 Å². The van der Waals surface area contributed by atoms with Gasteiger partial charge < -0.3 is 4.84 Å². The first kappa shape index (κ1) is 12.1. The number of benzene rings is 1. The van der Waals surface area contributed by atoms with Crippen molar-refractivity contribution in [1.82, 2.24) is 4.67 Å². The fraction of sp³-hybridized carbons (Fsp3) is 0.500. The van der Waals surface area contributed by atoms with Crippen LogP contribution in [0.1, 0.15) is 29.5 Å². The third-order valence-corrected chi connectivity index (χ3v) is 4.47. The Kier molecular flexibility index (Phi) is 2.91. The van der Waals surface area contributed by atoms with Gasteiger partial charge in [-0.25, -0.2) is 0 Å². The second-order valence-electron chi connectivity index (χ2n) is 5.51. The second-order valence-corrected chi connectivity index (χ2v) is 6.24. The van der Waals surface area contributed by atoms with E-state index in [0.717, 1.165) is 31.6 Å². The molecule has 0 bridgehead atoms. The fourth-order valence-corrected chi connectivity index (χ4v) is 3.15. The van der Waals surface area contributed by atoms with Crippen molar-refractivity contribution in [2.75, 3.05) is 13.1 Å². The Balaban J connectivity index is 1.81. The molecule has 2 heterocycles. The van der Waals surface area contributed by atoms with Crippen molar-refractivity contribution >= 4 is 15.1 Å². The first-order valence-electron chi connectivity index (χ1n) is 6.40. The van der Waals surface area contributed by atoms with Crippen LogP contribution in [0.4, 0.5) is 0 Å². The van der Waals surface area contributed by atoms with Gasteiger partial charge in [0.2, 0.25) is 0 Å². The lowest BCUT2D eigenvalue weighted by molar-refractivity contribution is -0.00532. The molecule has 0 aliphatic carbocycles. The molecule has 0 saturated carbocycles. The summed E-state index contributed by atoms with van der Waals surface area (Å²) in [4.78, 5) is 5.74. The van der Waals surface area contributed by atoms with E-state index in [1.807, 2.05) is 0 Å². The number of nitrogens with zero attached hydrogens (tertiary/aromatic N) is 2. The van der Waals surface area contributed by atoms with Gasteiger partial charge >= 0.3 is 0 Å². The van der Waals surface area contributed by atoms with Gasteiger partial charge in [-0.2, -0.15) is 0 Å². The molecule has 2 aliphatic rings. The van der Waals surface area contributed by atoms with Gasteiger partial charge in [0.15, 0.2) is 5.60 Å². The molecule has 3 nitrogen and oxygen atoms in total. The molecule has 1 spiro atoms. The van der Waals surface area contributed by atoms with E-state index >= 15 is 0 Å². The summed E-state index contributed by atoms with van der Waals surface area (Å²) in [6, 6.07) is 6.52. The lowest BCUT2D eigenvalue weighted by Crippen LogP contribution is -2.31. The summed E-state index contributed by atoms with van der Waals surface area (Å²) in [5.74, 6) is 0. The first-order chi connectivity index (χ1) is 8.58. The minimum absolute atomic E-state index is 0.0735. The Labute approximate surface area is 110 Å². The predicted octanol–water partition coefficient (Wildman–Crippen LogP) is 2.66. The molecule has 0 N–H and O–H groups in total. The molecular weight excluding hydrogens is 243 g/mol. The summed E-state index contributed by atoms with van der Waals surface area (Å²) < 4.78 is 2.23. The van der Waals surface area contributed by atoms with E-state index in [4.69, 9.17) is 4.84 Å². The molecule has 1 aromatic carbocycles. The summed E-state index contributed by atoms with van der Waals surface area (Å²) in [5.41, 5.74) is 4.87. The van der Waals surface area contributed by atoms with Gasteiger partial charge in [-0.3, -0.25) is 4.67 Å². The minimum Gasteiger partial charge on any atom is -0.387 e. The molecule has 3 rings (SSSR count).